The minimum atomic E-state index is 0.809. The minimum Gasteiger partial charge on any atom is -0.175 e. The van der Waals surface area contributed by atoms with Crippen molar-refractivity contribution in [3.63, 3.8) is 0 Å². The fourth-order valence-electron chi connectivity index (χ4n) is 1.51. The van der Waals surface area contributed by atoms with Crippen LogP contribution in [0.3, 0.4) is 0 Å². The average Bonchev–Trinajstić information content (AvgIpc) is 2.17. The molecule has 66 valence electrons. The van der Waals surface area contributed by atoms with Crippen molar-refractivity contribution in [3.05, 3.63) is 47.5 Å². The maximum absolute atomic E-state index is 4.26. The Kier molecular flexibility index (Phi) is 2.28. The van der Waals surface area contributed by atoms with Gasteiger partial charge in [0.05, 0.1) is 0 Å². The third-order valence-corrected chi connectivity index (χ3v) is 2.61. The highest BCUT2D eigenvalue weighted by Gasteiger charge is 1.94. The van der Waals surface area contributed by atoms with E-state index in [1.165, 1.54) is 21.9 Å². The van der Waals surface area contributed by atoms with E-state index in [0.717, 1.165) is 5.75 Å². The smallest absolute Gasteiger partial charge is 0.0154 e. The van der Waals surface area contributed by atoms with E-state index in [4.69, 9.17) is 0 Å². The Morgan fingerprint density at radius 2 is 1.69 bits per heavy atom. The van der Waals surface area contributed by atoms with Gasteiger partial charge in [-0.05, 0) is 23.3 Å². The van der Waals surface area contributed by atoms with Crippen LogP contribution in [0.1, 0.15) is 11.1 Å². The predicted octanol–water partition coefficient (Wildman–Crippen LogP) is 3.58. The van der Waals surface area contributed by atoms with Gasteiger partial charge >= 0.3 is 0 Å². The van der Waals surface area contributed by atoms with Crippen molar-refractivity contribution >= 4 is 23.4 Å². The maximum atomic E-state index is 4.26. The SMILES string of the molecule is Cc1ccc2cc(CS)ccc2c1. The Hall–Kier alpha value is -0.950. The largest absolute Gasteiger partial charge is 0.175 e. The molecule has 0 fully saturated rings. The highest BCUT2D eigenvalue weighted by atomic mass is 32.1. The van der Waals surface area contributed by atoms with Gasteiger partial charge in [0.15, 0.2) is 0 Å². The third kappa shape index (κ3) is 1.70. The van der Waals surface area contributed by atoms with E-state index in [1.54, 1.807) is 0 Å². The standard InChI is InChI=1S/C12H12S/c1-9-2-4-12-7-10(8-13)3-5-11(12)6-9/h2-7,13H,8H2,1H3. The molecule has 0 nitrogen and oxygen atoms in total. The van der Waals surface area contributed by atoms with Gasteiger partial charge in [-0.15, -0.1) is 0 Å². The molecule has 1 heteroatoms. The summed E-state index contributed by atoms with van der Waals surface area (Å²) in [6.45, 7) is 2.12. The summed E-state index contributed by atoms with van der Waals surface area (Å²) in [7, 11) is 0. The number of hydrogen-bond acceptors (Lipinski definition) is 1. The summed E-state index contributed by atoms with van der Waals surface area (Å²) in [4.78, 5) is 0. The second kappa shape index (κ2) is 3.43. The van der Waals surface area contributed by atoms with Crippen molar-refractivity contribution in [1.29, 1.82) is 0 Å². The zero-order chi connectivity index (χ0) is 9.26. The summed E-state index contributed by atoms with van der Waals surface area (Å²) in [5.74, 6) is 0.809. The van der Waals surface area contributed by atoms with E-state index in [1.807, 2.05) is 0 Å². The number of fused-ring (bicyclic) bond motifs is 1. The highest BCUT2D eigenvalue weighted by molar-refractivity contribution is 7.79. The summed E-state index contributed by atoms with van der Waals surface area (Å²) in [5, 5.41) is 2.61. The molecule has 0 unspecified atom stereocenters. The molecule has 0 saturated heterocycles. The van der Waals surface area contributed by atoms with E-state index < -0.39 is 0 Å². The monoisotopic (exact) mass is 188 g/mol. The van der Waals surface area contributed by atoms with E-state index in [-0.39, 0.29) is 0 Å². The van der Waals surface area contributed by atoms with Crippen LogP contribution >= 0.6 is 12.6 Å². The van der Waals surface area contributed by atoms with Crippen LogP contribution in [0.4, 0.5) is 0 Å². The molecule has 2 aromatic rings. The summed E-state index contributed by atoms with van der Waals surface area (Å²) in [5.41, 5.74) is 2.59. The van der Waals surface area contributed by atoms with Crippen LogP contribution in [-0.4, -0.2) is 0 Å². The first-order valence-corrected chi connectivity index (χ1v) is 5.03. The van der Waals surface area contributed by atoms with E-state index >= 15 is 0 Å². The van der Waals surface area contributed by atoms with E-state index in [2.05, 4.69) is 56.0 Å². The average molecular weight is 188 g/mol. The molecule has 0 aliphatic carbocycles. The Morgan fingerprint density at radius 1 is 1.00 bits per heavy atom. The van der Waals surface area contributed by atoms with Crippen LogP contribution in [0, 0.1) is 6.92 Å². The van der Waals surface area contributed by atoms with Crippen LogP contribution in [0.15, 0.2) is 36.4 Å². The highest BCUT2D eigenvalue weighted by Crippen LogP contribution is 2.18. The van der Waals surface area contributed by atoms with Gasteiger partial charge in [0.2, 0.25) is 0 Å². The van der Waals surface area contributed by atoms with Crippen molar-refractivity contribution in [2.75, 3.05) is 0 Å². The molecule has 0 heterocycles. The first-order valence-electron chi connectivity index (χ1n) is 4.40. The van der Waals surface area contributed by atoms with Crippen molar-refractivity contribution in [2.45, 2.75) is 12.7 Å². The van der Waals surface area contributed by atoms with Crippen molar-refractivity contribution in [3.8, 4) is 0 Å². The zero-order valence-corrected chi connectivity index (χ0v) is 8.51. The van der Waals surface area contributed by atoms with Crippen LogP contribution < -0.4 is 0 Å². The number of benzene rings is 2. The molecular weight excluding hydrogens is 176 g/mol. The Bertz CT molecular complexity index is 432. The van der Waals surface area contributed by atoms with Gasteiger partial charge in [-0.2, -0.15) is 12.6 Å². The Labute approximate surface area is 84.0 Å². The molecule has 0 bridgehead atoms. The lowest BCUT2D eigenvalue weighted by atomic mass is 10.1. The summed E-state index contributed by atoms with van der Waals surface area (Å²) < 4.78 is 0. The second-order valence-corrected chi connectivity index (χ2v) is 3.66. The fourth-order valence-corrected chi connectivity index (χ4v) is 1.71. The number of thiol groups is 1. The molecule has 0 aliphatic heterocycles. The summed E-state index contributed by atoms with van der Waals surface area (Å²) in [6.07, 6.45) is 0. The Balaban J connectivity index is 2.66. The Morgan fingerprint density at radius 3 is 2.46 bits per heavy atom. The molecule has 2 rings (SSSR count). The number of aryl methyl sites for hydroxylation is 1. The molecule has 0 aromatic heterocycles. The quantitative estimate of drug-likeness (QED) is 0.650. The van der Waals surface area contributed by atoms with Gasteiger partial charge in [0.1, 0.15) is 0 Å². The lowest BCUT2D eigenvalue weighted by molar-refractivity contribution is 1.44. The summed E-state index contributed by atoms with van der Waals surface area (Å²) >= 11 is 4.26. The molecule has 0 aliphatic rings. The van der Waals surface area contributed by atoms with Crippen LogP contribution in [0.2, 0.25) is 0 Å². The first-order chi connectivity index (χ1) is 6.29. The number of hydrogen-bond donors (Lipinski definition) is 1. The summed E-state index contributed by atoms with van der Waals surface area (Å²) in [6, 6.07) is 13.0. The van der Waals surface area contributed by atoms with Crippen molar-refractivity contribution in [2.24, 2.45) is 0 Å². The fraction of sp³-hybridized carbons (Fsp3) is 0.167. The van der Waals surface area contributed by atoms with Gasteiger partial charge in [0, 0.05) is 5.75 Å². The first kappa shape index (κ1) is 8.64. The van der Waals surface area contributed by atoms with Crippen molar-refractivity contribution < 1.29 is 0 Å². The molecular formula is C12H12S. The molecule has 0 amide bonds. The second-order valence-electron chi connectivity index (χ2n) is 3.34. The van der Waals surface area contributed by atoms with Gasteiger partial charge in [-0.3, -0.25) is 0 Å². The molecule has 0 spiro atoms. The molecule has 0 atom stereocenters. The molecule has 13 heavy (non-hydrogen) atoms. The van der Waals surface area contributed by atoms with Gasteiger partial charge < -0.3 is 0 Å². The topological polar surface area (TPSA) is 0 Å². The minimum absolute atomic E-state index is 0.809. The van der Waals surface area contributed by atoms with Crippen LogP contribution in [0.25, 0.3) is 10.8 Å². The van der Waals surface area contributed by atoms with Crippen LogP contribution in [0.5, 0.6) is 0 Å². The van der Waals surface area contributed by atoms with Crippen LogP contribution in [-0.2, 0) is 5.75 Å². The van der Waals surface area contributed by atoms with Gasteiger partial charge in [-0.1, -0.05) is 42.0 Å². The third-order valence-electron chi connectivity index (χ3n) is 2.24. The van der Waals surface area contributed by atoms with Gasteiger partial charge in [-0.25, -0.2) is 0 Å². The molecule has 0 saturated carbocycles. The lowest BCUT2D eigenvalue weighted by Crippen LogP contribution is -1.79. The molecule has 0 N–H and O–H groups in total. The predicted molar refractivity (Wildman–Crippen MR) is 61.4 cm³/mol. The van der Waals surface area contributed by atoms with Gasteiger partial charge in [0.25, 0.3) is 0 Å². The maximum Gasteiger partial charge on any atom is 0.0154 e. The molecule has 2 aromatic carbocycles. The lowest BCUT2D eigenvalue weighted by Gasteiger charge is -2.01. The number of rotatable bonds is 1. The van der Waals surface area contributed by atoms with Crippen molar-refractivity contribution in [1.82, 2.24) is 0 Å². The molecule has 0 radical (unpaired) electrons. The van der Waals surface area contributed by atoms with E-state index in [0.29, 0.717) is 0 Å². The van der Waals surface area contributed by atoms with E-state index in [9.17, 15) is 0 Å². The zero-order valence-electron chi connectivity index (χ0n) is 7.62. The normalized spacial score (nSPS) is 10.6.